The highest BCUT2D eigenvalue weighted by atomic mass is 79.9. The topological polar surface area (TPSA) is 45.4 Å². The lowest BCUT2D eigenvalue weighted by Gasteiger charge is -2.13. The van der Waals surface area contributed by atoms with E-state index in [1.807, 2.05) is 6.07 Å². The number of halogens is 2. The van der Waals surface area contributed by atoms with Crippen LogP contribution in [-0.4, -0.2) is 18.3 Å². The molecular weight excluding hydrogens is 338 g/mol. The highest BCUT2D eigenvalue weighted by molar-refractivity contribution is 9.13. The lowest BCUT2D eigenvalue weighted by Crippen LogP contribution is -2.22. The van der Waals surface area contributed by atoms with Crippen LogP contribution in [0.3, 0.4) is 0 Å². The van der Waals surface area contributed by atoms with E-state index < -0.39 is 0 Å². The average molecular weight is 355 g/mol. The van der Waals surface area contributed by atoms with Gasteiger partial charge in [-0.3, -0.25) is 0 Å². The van der Waals surface area contributed by atoms with Crippen LogP contribution in [0.5, 0.6) is 0 Å². The van der Waals surface area contributed by atoms with Gasteiger partial charge in [0.25, 0.3) is 0 Å². The summed E-state index contributed by atoms with van der Waals surface area (Å²) in [7, 11) is 0. The van der Waals surface area contributed by atoms with E-state index in [2.05, 4.69) is 44.1 Å². The second-order valence-electron chi connectivity index (χ2n) is 3.75. The third kappa shape index (κ3) is 4.57. The first-order valence-electron chi connectivity index (χ1n) is 5.42. The van der Waals surface area contributed by atoms with Crippen molar-refractivity contribution in [2.45, 2.75) is 26.3 Å². The maximum atomic E-state index is 8.87. The molecule has 3 nitrogen and oxygen atoms in total. The van der Waals surface area contributed by atoms with Crippen molar-refractivity contribution in [2.24, 2.45) is 5.92 Å². The Labute approximate surface area is 113 Å². The van der Waals surface area contributed by atoms with Gasteiger partial charge in [0.1, 0.15) is 5.76 Å². The number of furan rings is 1. The Hall–Kier alpha value is 0.160. The van der Waals surface area contributed by atoms with Gasteiger partial charge in [-0.2, -0.15) is 0 Å². The van der Waals surface area contributed by atoms with Crippen molar-refractivity contribution in [3.8, 4) is 0 Å². The summed E-state index contributed by atoms with van der Waals surface area (Å²) in [6.07, 6.45) is 1.94. The molecule has 0 amide bonds. The van der Waals surface area contributed by atoms with Gasteiger partial charge in [0.15, 0.2) is 4.67 Å². The molecule has 0 spiro atoms. The molecule has 0 radical (unpaired) electrons. The monoisotopic (exact) mass is 353 g/mol. The van der Waals surface area contributed by atoms with Gasteiger partial charge in [0.05, 0.1) is 11.0 Å². The van der Waals surface area contributed by atoms with Gasteiger partial charge in [0.2, 0.25) is 0 Å². The predicted molar refractivity (Wildman–Crippen MR) is 71.3 cm³/mol. The van der Waals surface area contributed by atoms with Crippen molar-refractivity contribution < 1.29 is 9.52 Å². The largest absolute Gasteiger partial charge is 0.452 e. The Bertz CT molecular complexity index is 295. The number of aliphatic hydroxyl groups is 1. The van der Waals surface area contributed by atoms with Crippen molar-refractivity contribution >= 4 is 31.9 Å². The summed E-state index contributed by atoms with van der Waals surface area (Å²) in [6.45, 7) is 4.03. The summed E-state index contributed by atoms with van der Waals surface area (Å²) in [6, 6.07) is 1.95. The summed E-state index contributed by atoms with van der Waals surface area (Å²) in [4.78, 5) is 0. The number of aliphatic hydroxyl groups excluding tert-OH is 1. The molecule has 0 bridgehead atoms. The Morgan fingerprint density at radius 2 is 2.25 bits per heavy atom. The Kier molecular flexibility index (Phi) is 6.65. The van der Waals surface area contributed by atoms with Crippen LogP contribution in [0, 0.1) is 5.92 Å². The minimum atomic E-state index is 0.262. The molecule has 1 rings (SSSR count). The van der Waals surface area contributed by atoms with E-state index in [9.17, 15) is 0 Å². The standard InChI is InChI=1S/C11H17Br2NO2/c1-2-8(3-4-15)6-14-7-9-5-10(12)11(13)16-9/h5,8,14-15H,2-4,6-7H2,1H3. The molecule has 0 aliphatic rings. The van der Waals surface area contributed by atoms with Crippen molar-refractivity contribution in [2.75, 3.05) is 13.2 Å². The predicted octanol–water partition coefficient (Wildman–Crippen LogP) is 3.30. The molecule has 0 saturated heterocycles. The van der Waals surface area contributed by atoms with Crippen molar-refractivity contribution in [3.63, 3.8) is 0 Å². The fourth-order valence-corrected chi connectivity index (χ4v) is 2.17. The Morgan fingerprint density at radius 3 is 2.75 bits per heavy atom. The first-order valence-corrected chi connectivity index (χ1v) is 7.01. The molecule has 16 heavy (non-hydrogen) atoms. The molecule has 0 aromatic carbocycles. The Balaban J connectivity index is 2.29. The lowest BCUT2D eigenvalue weighted by atomic mass is 10.0. The normalized spacial score (nSPS) is 13.0. The average Bonchev–Trinajstić information content (AvgIpc) is 2.57. The summed E-state index contributed by atoms with van der Waals surface area (Å²) < 4.78 is 7.11. The maximum absolute atomic E-state index is 8.87. The van der Waals surface area contributed by atoms with E-state index in [4.69, 9.17) is 9.52 Å². The highest BCUT2D eigenvalue weighted by Crippen LogP contribution is 2.26. The van der Waals surface area contributed by atoms with Gasteiger partial charge in [-0.1, -0.05) is 13.3 Å². The number of hydrogen-bond acceptors (Lipinski definition) is 3. The summed E-state index contributed by atoms with van der Waals surface area (Å²) in [5.74, 6) is 1.43. The van der Waals surface area contributed by atoms with Crippen LogP contribution in [0.4, 0.5) is 0 Å². The Morgan fingerprint density at radius 1 is 1.50 bits per heavy atom. The molecule has 92 valence electrons. The molecule has 1 atom stereocenters. The van der Waals surface area contributed by atoms with Gasteiger partial charge in [-0.25, -0.2) is 0 Å². The van der Waals surface area contributed by atoms with Gasteiger partial charge >= 0.3 is 0 Å². The number of hydrogen-bond donors (Lipinski definition) is 2. The van der Waals surface area contributed by atoms with Crippen LogP contribution >= 0.6 is 31.9 Å². The van der Waals surface area contributed by atoms with Crippen LogP contribution in [0.1, 0.15) is 25.5 Å². The van der Waals surface area contributed by atoms with E-state index in [1.165, 1.54) is 0 Å². The molecule has 0 aliphatic heterocycles. The highest BCUT2D eigenvalue weighted by Gasteiger charge is 2.08. The molecule has 1 aromatic rings. The second kappa shape index (κ2) is 7.48. The van der Waals surface area contributed by atoms with Gasteiger partial charge in [0, 0.05) is 6.61 Å². The van der Waals surface area contributed by atoms with E-state index in [1.54, 1.807) is 0 Å². The van der Waals surface area contributed by atoms with Crippen LogP contribution < -0.4 is 5.32 Å². The van der Waals surface area contributed by atoms with Crippen molar-refractivity contribution in [1.82, 2.24) is 5.32 Å². The van der Waals surface area contributed by atoms with Crippen LogP contribution in [0.25, 0.3) is 0 Å². The fraction of sp³-hybridized carbons (Fsp3) is 0.636. The van der Waals surface area contributed by atoms with Crippen LogP contribution in [0.15, 0.2) is 19.6 Å². The summed E-state index contributed by atoms with van der Waals surface area (Å²) in [5, 5.41) is 12.2. The van der Waals surface area contributed by atoms with E-state index in [0.717, 1.165) is 34.3 Å². The quantitative estimate of drug-likeness (QED) is 0.789. The zero-order valence-corrected chi connectivity index (χ0v) is 12.5. The maximum Gasteiger partial charge on any atom is 0.183 e. The molecule has 1 aromatic heterocycles. The number of rotatable bonds is 7. The lowest BCUT2D eigenvalue weighted by molar-refractivity contribution is 0.250. The van der Waals surface area contributed by atoms with Crippen molar-refractivity contribution in [1.29, 1.82) is 0 Å². The smallest absolute Gasteiger partial charge is 0.183 e. The first-order chi connectivity index (χ1) is 7.67. The molecule has 0 saturated carbocycles. The second-order valence-corrected chi connectivity index (χ2v) is 5.33. The van der Waals surface area contributed by atoms with Gasteiger partial charge in [-0.15, -0.1) is 0 Å². The fourth-order valence-electron chi connectivity index (χ4n) is 1.51. The number of nitrogens with one attached hydrogen (secondary N) is 1. The van der Waals surface area contributed by atoms with Crippen LogP contribution in [-0.2, 0) is 6.54 Å². The molecular formula is C11H17Br2NO2. The minimum absolute atomic E-state index is 0.262. The third-order valence-corrected chi connectivity index (χ3v) is 4.25. The molecule has 1 unspecified atom stereocenters. The molecule has 0 aliphatic carbocycles. The molecule has 1 heterocycles. The molecule has 5 heteroatoms. The van der Waals surface area contributed by atoms with Gasteiger partial charge in [-0.05, 0) is 56.8 Å². The van der Waals surface area contributed by atoms with Gasteiger partial charge < -0.3 is 14.8 Å². The minimum Gasteiger partial charge on any atom is -0.452 e. The van der Waals surface area contributed by atoms with E-state index in [-0.39, 0.29) is 6.61 Å². The van der Waals surface area contributed by atoms with Crippen molar-refractivity contribution in [3.05, 3.63) is 21.0 Å². The summed E-state index contributed by atoms with van der Waals surface area (Å²) >= 11 is 6.68. The SMILES string of the molecule is CCC(CCO)CNCc1cc(Br)c(Br)o1. The van der Waals surface area contributed by atoms with E-state index >= 15 is 0 Å². The molecule has 2 N–H and O–H groups in total. The first kappa shape index (κ1) is 14.2. The zero-order valence-electron chi connectivity index (χ0n) is 9.30. The third-order valence-electron chi connectivity index (χ3n) is 2.54. The van der Waals surface area contributed by atoms with E-state index in [0.29, 0.717) is 12.5 Å². The molecule has 0 fully saturated rings. The zero-order chi connectivity index (χ0) is 12.0. The summed E-state index contributed by atoms with van der Waals surface area (Å²) in [5.41, 5.74) is 0. The van der Waals surface area contributed by atoms with Crippen LogP contribution in [0.2, 0.25) is 0 Å².